The zero-order chi connectivity index (χ0) is 13.9. The van der Waals surface area contributed by atoms with E-state index in [-0.39, 0.29) is 0 Å². The zero-order valence-corrected chi connectivity index (χ0v) is 11.7. The molecule has 0 bridgehead atoms. The van der Waals surface area contributed by atoms with E-state index in [9.17, 15) is 0 Å². The number of allylic oxidation sites excluding steroid dienone is 1. The normalized spacial score (nSPS) is 19.4. The fraction of sp³-hybridized carbons (Fsp3) is 0.333. The second-order valence-electron chi connectivity index (χ2n) is 5.04. The minimum Gasteiger partial charge on any atom is -0.368 e. The van der Waals surface area contributed by atoms with Gasteiger partial charge in [0.05, 0.1) is 0 Å². The molecule has 0 atom stereocenters. The number of anilines is 1. The molecular formula is C15H19N5+. The second-order valence-corrected chi connectivity index (χ2v) is 5.04. The van der Waals surface area contributed by atoms with Gasteiger partial charge in [-0.3, -0.25) is 5.73 Å². The lowest BCUT2D eigenvalue weighted by atomic mass is 10.2. The van der Waals surface area contributed by atoms with Crippen LogP contribution in [0.25, 0.3) is 0 Å². The molecule has 20 heavy (non-hydrogen) atoms. The van der Waals surface area contributed by atoms with Crippen molar-refractivity contribution in [2.24, 2.45) is 10.7 Å². The molecule has 1 saturated heterocycles. The van der Waals surface area contributed by atoms with Crippen LogP contribution in [-0.4, -0.2) is 42.9 Å². The summed E-state index contributed by atoms with van der Waals surface area (Å²) in [5.74, 6) is 1.29. The lowest BCUT2D eigenvalue weighted by Gasteiger charge is -2.36. The van der Waals surface area contributed by atoms with Crippen molar-refractivity contribution in [3.63, 3.8) is 0 Å². The van der Waals surface area contributed by atoms with Crippen LogP contribution in [0.2, 0.25) is 0 Å². The predicted octanol–water partition coefficient (Wildman–Crippen LogP) is 0.775. The highest BCUT2D eigenvalue weighted by atomic mass is 15.3. The largest absolute Gasteiger partial charge is 0.425 e. The molecule has 1 radical (unpaired) electrons. The fourth-order valence-electron chi connectivity index (χ4n) is 2.57. The van der Waals surface area contributed by atoms with E-state index in [2.05, 4.69) is 44.1 Å². The number of nitrogens with zero attached hydrogens (tertiary/aromatic N) is 4. The van der Waals surface area contributed by atoms with E-state index in [1.54, 1.807) is 0 Å². The van der Waals surface area contributed by atoms with Crippen molar-refractivity contribution in [2.75, 3.05) is 31.1 Å². The van der Waals surface area contributed by atoms with Gasteiger partial charge in [-0.05, 0) is 19.1 Å². The molecule has 1 aromatic rings. The number of amidine groups is 1. The molecule has 5 nitrogen and oxygen atoms in total. The molecule has 0 aromatic heterocycles. The Morgan fingerprint density at radius 3 is 2.35 bits per heavy atom. The van der Waals surface area contributed by atoms with Crippen LogP contribution >= 0.6 is 0 Å². The van der Waals surface area contributed by atoms with Gasteiger partial charge in [0.1, 0.15) is 5.70 Å². The van der Waals surface area contributed by atoms with Crippen molar-refractivity contribution in [3.8, 4) is 0 Å². The Morgan fingerprint density at radius 1 is 1.05 bits per heavy atom. The summed E-state index contributed by atoms with van der Waals surface area (Å²) in [6.07, 6.45) is 1.99. The maximum Gasteiger partial charge on any atom is 0.425 e. The minimum absolute atomic E-state index is 0.352. The van der Waals surface area contributed by atoms with Crippen LogP contribution in [0.3, 0.4) is 0 Å². The van der Waals surface area contributed by atoms with Crippen LogP contribution < -0.4 is 15.6 Å². The molecular weight excluding hydrogens is 250 g/mol. The summed E-state index contributed by atoms with van der Waals surface area (Å²) in [6.45, 7) is 5.83. The summed E-state index contributed by atoms with van der Waals surface area (Å²) in [4.78, 5) is 13.1. The average Bonchev–Trinajstić information content (AvgIpc) is 2.47. The molecule has 2 N–H and O–H groups in total. The van der Waals surface area contributed by atoms with Crippen LogP contribution in [0, 0.1) is 0 Å². The molecule has 2 aliphatic heterocycles. The smallest absolute Gasteiger partial charge is 0.368 e. The Kier molecular flexibility index (Phi) is 3.41. The molecule has 0 aliphatic carbocycles. The van der Waals surface area contributed by atoms with Gasteiger partial charge in [0.15, 0.2) is 0 Å². The van der Waals surface area contributed by atoms with Gasteiger partial charge in [-0.2, -0.15) is 0 Å². The first kappa shape index (κ1) is 12.7. The van der Waals surface area contributed by atoms with Gasteiger partial charge >= 0.3 is 5.96 Å². The monoisotopic (exact) mass is 269 g/mol. The fourth-order valence-corrected chi connectivity index (χ4v) is 2.57. The van der Waals surface area contributed by atoms with Gasteiger partial charge in [0.25, 0.3) is 0 Å². The van der Waals surface area contributed by atoms with Crippen LogP contribution in [0.1, 0.15) is 6.92 Å². The van der Waals surface area contributed by atoms with Gasteiger partial charge in [0.2, 0.25) is 5.84 Å². The number of aliphatic imine (C=N–C) groups is 2. The van der Waals surface area contributed by atoms with Crippen LogP contribution in [0.15, 0.2) is 47.1 Å². The van der Waals surface area contributed by atoms with E-state index in [4.69, 9.17) is 5.73 Å². The molecule has 103 valence electrons. The molecule has 1 aromatic carbocycles. The SMILES string of the molecule is CC1=CC(N2CCN(c3ccccc3)CC2)=NC(N)=[N+]1. The summed E-state index contributed by atoms with van der Waals surface area (Å²) >= 11 is 0. The van der Waals surface area contributed by atoms with Crippen LogP contribution in [0.5, 0.6) is 0 Å². The maximum atomic E-state index is 5.73. The number of benzene rings is 1. The molecule has 0 spiro atoms. The van der Waals surface area contributed by atoms with E-state index in [0.717, 1.165) is 37.7 Å². The number of nitrogens with two attached hydrogens (primary N) is 1. The quantitative estimate of drug-likeness (QED) is 0.819. The van der Waals surface area contributed by atoms with Crippen molar-refractivity contribution in [1.82, 2.24) is 9.89 Å². The average molecular weight is 269 g/mol. The van der Waals surface area contributed by atoms with Gasteiger partial charge in [0, 0.05) is 37.9 Å². The molecule has 2 heterocycles. The van der Waals surface area contributed by atoms with Crippen molar-refractivity contribution in [3.05, 3.63) is 42.1 Å². The number of rotatable bonds is 1. The lowest BCUT2D eigenvalue weighted by Crippen LogP contribution is -2.49. The highest BCUT2D eigenvalue weighted by Gasteiger charge is 2.24. The van der Waals surface area contributed by atoms with Gasteiger partial charge in [-0.1, -0.05) is 28.2 Å². The summed E-state index contributed by atoms with van der Waals surface area (Å²) in [6, 6.07) is 10.5. The highest BCUT2D eigenvalue weighted by molar-refractivity contribution is 6.03. The Labute approximate surface area is 119 Å². The summed E-state index contributed by atoms with van der Waals surface area (Å²) in [7, 11) is 0. The van der Waals surface area contributed by atoms with Crippen LogP contribution in [0.4, 0.5) is 5.69 Å². The maximum absolute atomic E-state index is 5.73. The van der Waals surface area contributed by atoms with Crippen molar-refractivity contribution in [2.45, 2.75) is 6.92 Å². The van der Waals surface area contributed by atoms with E-state index >= 15 is 0 Å². The standard InChI is InChI=1S/C15H19N5/c1-12-11-14(18-15(16)17-12)20-9-7-19(8-10-20)13-5-3-2-4-6-13/h2-6,11H,7-10H2,1H3,(H2,16,18)/q+1. The molecule has 0 saturated carbocycles. The third kappa shape index (κ3) is 2.66. The topological polar surface area (TPSA) is 59.0 Å². The Balaban J connectivity index is 1.67. The predicted molar refractivity (Wildman–Crippen MR) is 82.7 cm³/mol. The molecule has 0 amide bonds. The van der Waals surface area contributed by atoms with E-state index in [1.807, 2.05) is 19.1 Å². The van der Waals surface area contributed by atoms with Crippen molar-refractivity contribution in [1.29, 1.82) is 0 Å². The number of hydrogen-bond acceptors (Lipinski definition) is 5. The van der Waals surface area contributed by atoms with Crippen molar-refractivity contribution >= 4 is 17.5 Å². The highest BCUT2D eigenvalue weighted by Crippen LogP contribution is 2.16. The molecule has 5 heteroatoms. The first-order valence-electron chi connectivity index (χ1n) is 6.88. The minimum atomic E-state index is 0.352. The third-order valence-corrected chi connectivity index (χ3v) is 3.58. The Bertz CT molecular complexity index is 562. The second kappa shape index (κ2) is 5.36. The zero-order valence-electron chi connectivity index (χ0n) is 11.7. The first-order valence-corrected chi connectivity index (χ1v) is 6.88. The van der Waals surface area contributed by atoms with Gasteiger partial charge in [-0.15, -0.1) is 0 Å². The van der Waals surface area contributed by atoms with Crippen LogP contribution in [-0.2, 0) is 0 Å². The van der Waals surface area contributed by atoms with Gasteiger partial charge < -0.3 is 9.80 Å². The molecule has 1 fully saturated rings. The number of hydrogen-bond donors (Lipinski definition) is 1. The van der Waals surface area contributed by atoms with E-state index in [0.29, 0.717) is 5.96 Å². The Morgan fingerprint density at radius 2 is 1.70 bits per heavy atom. The first-order chi connectivity index (χ1) is 9.72. The number of guanidine groups is 1. The van der Waals surface area contributed by atoms with Crippen molar-refractivity contribution < 1.29 is 0 Å². The summed E-state index contributed by atoms with van der Waals surface area (Å²) < 4.78 is 0. The third-order valence-electron chi connectivity index (χ3n) is 3.58. The summed E-state index contributed by atoms with van der Waals surface area (Å²) in [5.41, 5.74) is 7.92. The molecule has 3 rings (SSSR count). The van der Waals surface area contributed by atoms with E-state index < -0.39 is 0 Å². The Hall–Kier alpha value is -2.30. The number of para-hydroxylation sites is 1. The van der Waals surface area contributed by atoms with E-state index in [1.165, 1.54) is 5.69 Å². The molecule has 0 unspecified atom stereocenters. The number of piperazine rings is 1. The van der Waals surface area contributed by atoms with Gasteiger partial charge in [-0.25, -0.2) is 0 Å². The summed E-state index contributed by atoms with van der Waals surface area (Å²) in [5, 5.41) is 0. The molecule has 2 aliphatic rings. The lowest BCUT2D eigenvalue weighted by molar-refractivity contribution is 0.387.